The van der Waals surface area contributed by atoms with E-state index in [1.165, 1.54) is 16.8 Å². The predicted octanol–water partition coefficient (Wildman–Crippen LogP) is 1.73. The summed E-state index contributed by atoms with van der Waals surface area (Å²) in [6.45, 7) is 3.72. The molecule has 0 spiro atoms. The third kappa shape index (κ3) is 4.82. The Morgan fingerprint density at radius 1 is 1.13 bits per heavy atom. The molecule has 2 aromatic rings. The predicted molar refractivity (Wildman–Crippen MR) is 118 cm³/mol. The van der Waals surface area contributed by atoms with Gasteiger partial charge in [-0.1, -0.05) is 42.5 Å². The van der Waals surface area contributed by atoms with Crippen LogP contribution in [0.4, 0.5) is 5.69 Å². The Morgan fingerprint density at radius 3 is 2.80 bits per heavy atom. The van der Waals surface area contributed by atoms with Crippen LogP contribution in [0.2, 0.25) is 0 Å². The molecule has 30 heavy (non-hydrogen) atoms. The summed E-state index contributed by atoms with van der Waals surface area (Å²) >= 11 is 0. The molecule has 0 bridgehead atoms. The highest BCUT2D eigenvalue weighted by Gasteiger charge is 2.31. The van der Waals surface area contributed by atoms with E-state index in [-0.39, 0.29) is 18.2 Å². The topological polar surface area (TPSA) is 64.7 Å². The lowest BCUT2D eigenvalue weighted by Gasteiger charge is -2.34. The van der Waals surface area contributed by atoms with Gasteiger partial charge >= 0.3 is 0 Å². The summed E-state index contributed by atoms with van der Waals surface area (Å²) in [5.74, 6) is -0.135. The van der Waals surface area contributed by atoms with Gasteiger partial charge < -0.3 is 15.5 Å². The van der Waals surface area contributed by atoms with Crippen molar-refractivity contribution in [1.29, 1.82) is 0 Å². The van der Waals surface area contributed by atoms with Gasteiger partial charge in [0, 0.05) is 45.5 Å². The average molecular weight is 407 g/mol. The van der Waals surface area contributed by atoms with Gasteiger partial charge in [-0.15, -0.1) is 0 Å². The summed E-state index contributed by atoms with van der Waals surface area (Å²) in [6.07, 6.45) is 2.11. The largest absolute Gasteiger partial charge is 0.374 e. The Morgan fingerprint density at radius 2 is 1.97 bits per heavy atom. The third-order valence-electron chi connectivity index (χ3n) is 6.11. The highest BCUT2D eigenvalue weighted by molar-refractivity contribution is 5.88. The van der Waals surface area contributed by atoms with Crippen LogP contribution in [0.3, 0.4) is 0 Å². The summed E-state index contributed by atoms with van der Waals surface area (Å²) in [6, 6.07) is 16.2. The third-order valence-corrected chi connectivity index (χ3v) is 6.11. The van der Waals surface area contributed by atoms with Gasteiger partial charge in [-0.05, 0) is 35.6 Å². The van der Waals surface area contributed by atoms with Crippen LogP contribution in [0.5, 0.6) is 0 Å². The second-order valence-electron chi connectivity index (χ2n) is 8.19. The fourth-order valence-corrected chi connectivity index (χ4v) is 4.35. The molecule has 2 N–H and O–H groups in total. The van der Waals surface area contributed by atoms with E-state index in [9.17, 15) is 9.59 Å². The monoisotopic (exact) mass is 406 g/mol. The van der Waals surface area contributed by atoms with E-state index in [0.29, 0.717) is 13.1 Å². The van der Waals surface area contributed by atoms with Gasteiger partial charge in [-0.25, -0.2) is 0 Å². The maximum absolute atomic E-state index is 12.6. The van der Waals surface area contributed by atoms with Gasteiger partial charge in [-0.3, -0.25) is 14.5 Å². The molecule has 2 aromatic carbocycles. The molecular formula is C24H30N4O2. The first kappa shape index (κ1) is 20.4. The van der Waals surface area contributed by atoms with Crippen LogP contribution < -0.4 is 15.5 Å². The SMILES string of the molecule is CN1CCc2cc(CNC(=O)C[C@@H]3C(=O)NCCN3CCc3ccccc3)ccc21. The number of anilines is 1. The quantitative estimate of drug-likeness (QED) is 0.735. The number of fused-ring (bicyclic) bond motifs is 1. The van der Waals surface area contributed by atoms with Gasteiger partial charge in [0.05, 0.1) is 12.5 Å². The van der Waals surface area contributed by atoms with Crippen LogP contribution in [0, 0.1) is 0 Å². The standard InChI is InChI=1S/C24H30N4O2/c1-27-12-10-20-15-19(7-8-21(20)27)17-26-23(29)16-22-24(30)25-11-14-28(22)13-9-18-5-3-2-4-6-18/h2-8,15,22H,9-14,16-17H2,1H3,(H,25,30)(H,26,29)/t22-/m1/s1. The molecule has 0 aliphatic carbocycles. The van der Waals surface area contributed by atoms with Crippen LogP contribution in [-0.2, 0) is 29.0 Å². The maximum Gasteiger partial charge on any atom is 0.237 e. The van der Waals surface area contributed by atoms with Gasteiger partial charge in [0.25, 0.3) is 0 Å². The number of benzene rings is 2. The molecule has 2 aliphatic rings. The van der Waals surface area contributed by atoms with E-state index in [4.69, 9.17) is 0 Å². The Labute approximate surface area is 178 Å². The van der Waals surface area contributed by atoms with Crippen LogP contribution >= 0.6 is 0 Å². The zero-order valence-corrected chi connectivity index (χ0v) is 17.6. The first-order chi connectivity index (χ1) is 14.6. The van der Waals surface area contributed by atoms with Gasteiger partial charge in [-0.2, -0.15) is 0 Å². The van der Waals surface area contributed by atoms with Crippen molar-refractivity contribution in [2.24, 2.45) is 0 Å². The summed E-state index contributed by atoms with van der Waals surface area (Å²) < 4.78 is 0. The lowest BCUT2D eigenvalue weighted by molar-refractivity contribution is -0.133. The van der Waals surface area contributed by atoms with E-state index >= 15 is 0 Å². The molecule has 0 aromatic heterocycles. The number of piperazine rings is 1. The second kappa shape index (κ2) is 9.30. The molecule has 0 radical (unpaired) electrons. The normalized spacial score (nSPS) is 18.8. The first-order valence-corrected chi connectivity index (χ1v) is 10.8. The highest BCUT2D eigenvalue weighted by Crippen LogP contribution is 2.27. The molecule has 2 aliphatic heterocycles. The average Bonchev–Trinajstić information content (AvgIpc) is 3.13. The molecule has 158 valence electrons. The minimum atomic E-state index is -0.406. The minimum absolute atomic E-state index is 0.0509. The molecule has 0 unspecified atom stereocenters. The second-order valence-corrected chi connectivity index (χ2v) is 8.19. The van der Waals surface area contributed by atoms with Crippen molar-refractivity contribution >= 4 is 17.5 Å². The first-order valence-electron chi connectivity index (χ1n) is 10.8. The number of nitrogens with one attached hydrogen (secondary N) is 2. The number of hydrogen-bond acceptors (Lipinski definition) is 4. The van der Waals surface area contributed by atoms with Crippen molar-refractivity contribution < 1.29 is 9.59 Å². The van der Waals surface area contributed by atoms with Gasteiger partial charge in [0.1, 0.15) is 0 Å². The Bertz CT molecular complexity index is 899. The van der Waals surface area contributed by atoms with Crippen molar-refractivity contribution in [3.8, 4) is 0 Å². The molecule has 6 heteroatoms. The molecule has 6 nitrogen and oxygen atoms in total. The van der Waals surface area contributed by atoms with E-state index in [0.717, 1.165) is 38.0 Å². The van der Waals surface area contributed by atoms with Crippen LogP contribution in [-0.4, -0.2) is 56.0 Å². The summed E-state index contributed by atoms with van der Waals surface area (Å²) in [4.78, 5) is 29.4. The Kier molecular flexibility index (Phi) is 6.33. The number of hydrogen-bond donors (Lipinski definition) is 2. The Hall–Kier alpha value is -2.86. The smallest absolute Gasteiger partial charge is 0.237 e. The molecular weight excluding hydrogens is 376 g/mol. The van der Waals surface area contributed by atoms with Gasteiger partial charge in [0.15, 0.2) is 0 Å². The molecule has 0 saturated carbocycles. The fourth-order valence-electron chi connectivity index (χ4n) is 4.35. The van der Waals surface area contributed by atoms with E-state index in [1.807, 2.05) is 18.2 Å². The lowest BCUT2D eigenvalue weighted by Crippen LogP contribution is -2.56. The van der Waals surface area contributed by atoms with Crippen LogP contribution in [0.25, 0.3) is 0 Å². The maximum atomic E-state index is 12.6. The molecule has 2 heterocycles. The van der Waals surface area contributed by atoms with Gasteiger partial charge in [0.2, 0.25) is 11.8 Å². The molecule has 4 rings (SSSR count). The van der Waals surface area contributed by atoms with E-state index in [1.54, 1.807) is 0 Å². The number of rotatable bonds is 7. The number of carbonyl (C=O) groups excluding carboxylic acids is 2. The van der Waals surface area contributed by atoms with Crippen molar-refractivity contribution in [3.05, 3.63) is 65.2 Å². The van der Waals surface area contributed by atoms with Crippen LogP contribution in [0.15, 0.2) is 48.5 Å². The summed E-state index contributed by atoms with van der Waals surface area (Å²) in [7, 11) is 2.10. The van der Waals surface area contributed by atoms with Crippen LogP contribution in [0.1, 0.15) is 23.1 Å². The van der Waals surface area contributed by atoms with Crippen molar-refractivity contribution in [2.45, 2.75) is 31.8 Å². The zero-order chi connectivity index (χ0) is 20.9. The fraction of sp³-hybridized carbons (Fsp3) is 0.417. The molecule has 1 fully saturated rings. The number of amides is 2. The van der Waals surface area contributed by atoms with Crippen molar-refractivity contribution in [2.75, 3.05) is 38.1 Å². The van der Waals surface area contributed by atoms with Crippen molar-refractivity contribution in [3.63, 3.8) is 0 Å². The minimum Gasteiger partial charge on any atom is -0.374 e. The molecule has 2 amide bonds. The number of likely N-dealkylation sites (N-methyl/N-ethyl adjacent to an activating group) is 1. The molecule has 1 saturated heterocycles. The number of nitrogens with zero attached hydrogens (tertiary/aromatic N) is 2. The molecule has 1 atom stereocenters. The highest BCUT2D eigenvalue weighted by atomic mass is 16.2. The van der Waals surface area contributed by atoms with E-state index in [2.05, 4.69) is 57.8 Å². The van der Waals surface area contributed by atoms with Crippen molar-refractivity contribution in [1.82, 2.24) is 15.5 Å². The summed E-state index contributed by atoms with van der Waals surface area (Å²) in [5, 5.41) is 5.91. The Balaban J connectivity index is 1.31. The number of carbonyl (C=O) groups is 2. The zero-order valence-electron chi connectivity index (χ0n) is 17.6. The lowest BCUT2D eigenvalue weighted by atomic mass is 10.1. The summed E-state index contributed by atoms with van der Waals surface area (Å²) in [5.41, 5.74) is 4.96. The van der Waals surface area contributed by atoms with E-state index < -0.39 is 6.04 Å².